The molecule has 1 aliphatic heterocycles. The molecule has 0 atom stereocenters. The molecule has 1 aromatic heterocycles. The molecule has 0 radical (unpaired) electrons. The van der Waals surface area contributed by atoms with E-state index in [4.69, 9.17) is 9.47 Å². The Labute approximate surface area is 193 Å². The van der Waals surface area contributed by atoms with E-state index in [1.165, 1.54) is 24.3 Å². The van der Waals surface area contributed by atoms with Crippen LogP contribution in [0.3, 0.4) is 0 Å². The molecule has 0 saturated carbocycles. The maximum Gasteiger partial charge on any atom is 0.416 e. The number of hydrogen-bond donors (Lipinski definition) is 0. The zero-order chi connectivity index (χ0) is 24.3. The lowest BCUT2D eigenvalue weighted by Gasteiger charge is -2.38. The quantitative estimate of drug-likeness (QED) is 0.342. The van der Waals surface area contributed by atoms with Crippen LogP contribution in [-0.2, 0) is 17.5 Å². The minimum atomic E-state index is -4.34. The first-order chi connectivity index (χ1) is 16.2. The summed E-state index contributed by atoms with van der Waals surface area (Å²) in [5.41, 5.74) is 1.25. The molecule has 0 bridgehead atoms. The molecule has 178 valence electrons. The first kappa shape index (κ1) is 23.7. The van der Waals surface area contributed by atoms with Gasteiger partial charge in [-0.05, 0) is 48.4 Å². The van der Waals surface area contributed by atoms with Crippen LogP contribution in [-0.4, -0.2) is 41.7 Å². The van der Waals surface area contributed by atoms with Gasteiger partial charge in [-0.2, -0.15) is 13.2 Å². The molecular formula is C25H22F4N2O3. The molecular weight excluding hydrogens is 452 g/mol. The number of esters is 1. The van der Waals surface area contributed by atoms with Gasteiger partial charge in [-0.3, -0.25) is 4.90 Å². The third kappa shape index (κ3) is 5.53. The second-order valence-corrected chi connectivity index (χ2v) is 7.93. The lowest BCUT2D eigenvalue weighted by molar-refractivity contribution is -0.137. The Bertz CT molecular complexity index is 1140. The van der Waals surface area contributed by atoms with Crippen molar-refractivity contribution < 1.29 is 31.8 Å². The van der Waals surface area contributed by atoms with Crippen LogP contribution in [0.25, 0.3) is 11.1 Å². The van der Waals surface area contributed by atoms with Crippen LogP contribution in [0.2, 0.25) is 0 Å². The van der Waals surface area contributed by atoms with Crippen molar-refractivity contribution in [1.82, 2.24) is 9.88 Å². The fourth-order valence-corrected chi connectivity index (χ4v) is 3.64. The van der Waals surface area contributed by atoms with Crippen molar-refractivity contribution in [3.05, 3.63) is 83.3 Å². The highest BCUT2D eigenvalue weighted by atomic mass is 19.4. The number of alkyl halides is 3. The zero-order valence-electron chi connectivity index (χ0n) is 18.3. The fourth-order valence-electron chi connectivity index (χ4n) is 3.64. The zero-order valence-corrected chi connectivity index (χ0v) is 18.3. The highest BCUT2D eigenvalue weighted by molar-refractivity contribution is 5.90. The van der Waals surface area contributed by atoms with Crippen LogP contribution in [0.5, 0.6) is 5.88 Å². The molecule has 0 unspecified atom stereocenters. The summed E-state index contributed by atoms with van der Waals surface area (Å²) in [6.45, 7) is 3.62. The summed E-state index contributed by atoms with van der Waals surface area (Å²) >= 11 is 0. The molecule has 0 aliphatic carbocycles. The Morgan fingerprint density at radius 2 is 1.76 bits per heavy atom. The summed E-state index contributed by atoms with van der Waals surface area (Å²) in [6, 6.07) is 12.8. The Morgan fingerprint density at radius 3 is 2.35 bits per heavy atom. The predicted molar refractivity (Wildman–Crippen MR) is 117 cm³/mol. The van der Waals surface area contributed by atoms with E-state index in [-0.39, 0.29) is 18.3 Å². The highest BCUT2D eigenvalue weighted by Gasteiger charge is 2.31. The third-order valence-electron chi connectivity index (χ3n) is 5.43. The normalized spacial score (nSPS) is 14.5. The van der Waals surface area contributed by atoms with Crippen molar-refractivity contribution >= 4 is 5.97 Å². The number of rotatable bonds is 7. The largest absolute Gasteiger partial charge is 0.472 e. The molecule has 9 heteroatoms. The van der Waals surface area contributed by atoms with Gasteiger partial charge in [0.05, 0.1) is 17.7 Å². The summed E-state index contributed by atoms with van der Waals surface area (Å²) in [7, 11) is 0. The van der Waals surface area contributed by atoms with E-state index in [1.807, 2.05) is 0 Å². The van der Waals surface area contributed by atoms with E-state index in [2.05, 4.69) is 9.88 Å². The van der Waals surface area contributed by atoms with E-state index in [9.17, 15) is 22.4 Å². The maximum absolute atomic E-state index is 14.3. The van der Waals surface area contributed by atoms with E-state index in [0.29, 0.717) is 36.6 Å². The summed E-state index contributed by atoms with van der Waals surface area (Å²) < 4.78 is 62.9. The summed E-state index contributed by atoms with van der Waals surface area (Å²) in [6.07, 6.45) is -2.85. The van der Waals surface area contributed by atoms with Gasteiger partial charge in [-0.25, -0.2) is 14.2 Å². The molecule has 34 heavy (non-hydrogen) atoms. The number of likely N-dealkylation sites (tertiary alicyclic amines) is 1. The van der Waals surface area contributed by atoms with Crippen LogP contribution in [0, 0.1) is 5.82 Å². The van der Waals surface area contributed by atoms with Gasteiger partial charge in [-0.1, -0.05) is 18.2 Å². The van der Waals surface area contributed by atoms with Gasteiger partial charge < -0.3 is 9.47 Å². The Hall–Kier alpha value is -3.46. The monoisotopic (exact) mass is 474 g/mol. The lowest BCUT2D eigenvalue weighted by atomic mass is 10.1. The number of carbonyl (C=O) groups is 1. The van der Waals surface area contributed by atoms with Crippen LogP contribution in [0.1, 0.15) is 28.4 Å². The number of aromatic nitrogens is 1. The van der Waals surface area contributed by atoms with Gasteiger partial charge in [0, 0.05) is 37.5 Å². The maximum atomic E-state index is 14.3. The molecule has 3 aromatic rings. The number of ether oxygens (including phenoxy) is 2. The Morgan fingerprint density at radius 1 is 1.06 bits per heavy atom. The molecule has 0 N–H and O–H groups in total. The summed E-state index contributed by atoms with van der Waals surface area (Å²) in [5.74, 6) is -0.952. The Kier molecular flexibility index (Phi) is 6.83. The fraction of sp³-hybridized carbons (Fsp3) is 0.280. The minimum absolute atomic E-state index is 0.0749. The van der Waals surface area contributed by atoms with Crippen molar-refractivity contribution in [2.24, 2.45) is 0 Å². The number of hydrogen-bond acceptors (Lipinski definition) is 5. The van der Waals surface area contributed by atoms with E-state index >= 15 is 0 Å². The number of carbonyl (C=O) groups excluding carboxylic acids is 1. The average molecular weight is 474 g/mol. The molecule has 1 saturated heterocycles. The van der Waals surface area contributed by atoms with Crippen molar-refractivity contribution in [2.45, 2.75) is 25.7 Å². The average Bonchev–Trinajstić information content (AvgIpc) is 2.78. The summed E-state index contributed by atoms with van der Waals surface area (Å²) in [5, 5.41) is 0. The topological polar surface area (TPSA) is 51.7 Å². The first-order valence-corrected chi connectivity index (χ1v) is 10.7. The van der Waals surface area contributed by atoms with Gasteiger partial charge in [0.15, 0.2) is 0 Å². The second kappa shape index (κ2) is 9.80. The van der Waals surface area contributed by atoms with E-state index < -0.39 is 23.5 Å². The molecule has 2 heterocycles. The number of pyridine rings is 1. The van der Waals surface area contributed by atoms with Crippen molar-refractivity contribution in [3.63, 3.8) is 0 Å². The second-order valence-electron chi connectivity index (χ2n) is 7.93. The molecule has 5 nitrogen and oxygen atoms in total. The van der Waals surface area contributed by atoms with Gasteiger partial charge in [0.1, 0.15) is 11.9 Å². The number of halogens is 4. The number of nitrogens with zero attached hydrogens (tertiary/aromatic N) is 2. The van der Waals surface area contributed by atoms with E-state index in [1.54, 1.807) is 31.3 Å². The van der Waals surface area contributed by atoms with Gasteiger partial charge in [-0.15, -0.1) is 0 Å². The van der Waals surface area contributed by atoms with E-state index in [0.717, 1.165) is 17.7 Å². The first-order valence-electron chi connectivity index (χ1n) is 10.7. The molecule has 1 aliphatic rings. The van der Waals surface area contributed by atoms with Crippen LogP contribution < -0.4 is 4.74 Å². The predicted octanol–water partition coefficient (Wildman–Crippen LogP) is 5.35. The molecule has 0 spiro atoms. The molecule has 0 amide bonds. The number of benzene rings is 2. The lowest BCUT2D eigenvalue weighted by Crippen LogP contribution is -2.53. The third-order valence-corrected chi connectivity index (χ3v) is 5.43. The van der Waals surface area contributed by atoms with Gasteiger partial charge in [0.25, 0.3) is 0 Å². The molecule has 2 aromatic carbocycles. The molecule has 1 fully saturated rings. The van der Waals surface area contributed by atoms with Gasteiger partial charge >= 0.3 is 12.1 Å². The van der Waals surface area contributed by atoms with Crippen molar-refractivity contribution in [2.75, 3.05) is 19.7 Å². The van der Waals surface area contributed by atoms with Crippen LogP contribution in [0.15, 0.2) is 60.8 Å². The van der Waals surface area contributed by atoms with Crippen molar-refractivity contribution in [1.29, 1.82) is 0 Å². The standard InChI is InChI=1S/C25H22F4N2O3/c1-2-33-24(32)21-9-5-17(11-22(21)26)18-6-10-23(30-12-18)34-20-14-31(15-20)13-16-3-7-19(8-4-16)25(27,28)29/h3-12,20H,2,13-15H2,1H3. The SMILES string of the molecule is CCOC(=O)c1ccc(-c2ccc(OC3CN(Cc4ccc(C(F)(F)F)cc4)C3)nc2)cc1F. The minimum Gasteiger partial charge on any atom is -0.472 e. The van der Waals surface area contributed by atoms with Crippen LogP contribution >= 0.6 is 0 Å². The van der Waals surface area contributed by atoms with Crippen LogP contribution in [0.4, 0.5) is 17.6 Å². The van der Waals surface area contributed by atoms with Crippen molar-refractivity contribution in [3.8, 4) is 17.0 Å². The molecule has 4 rings (SSSR count). The summed E-state index contributed by atoms with van der Waals surface area (Å²) in [4.78, 5) is 18.1. The van der Waals surface area contributed by atoms with Gasteiger partial charge in [0.2, 0.25) is 5.88 Å². The highest BCUT2D eigenvalue weighted by Crippen LogP contribution is 2.30. The Balaban J connectivity index is 1.29. The smallest absolute Gasteiger partial charge is 0.416 e.